The second-order valence-electron chi connectivity index (χ2n) is 6.15. The van der Waals surface area contributed by atoms with Crippen molar-refractivity contribution in [1.82, 2.24) is 4.90 Å². The number of piperazine rings is 1. The molecule has 0 spiro atoms. The first-order valence-electron chi connectivity index (χ1n) is 8.39. The Morgan fingerprint density at radius 1 is 1.04 bits per heavy atom. The summed E-state index contributed by atoms with van der Waals surface area (Å²) in [7, 11) is 2.11. The van der Waals surface area contributed by atoms with Crippen LogP contribution in [-0.2, 0) is 4.79 Å². The lowest BCUT2D eigenvalue weighted by atomic mass is 10.2. The molecule has 0 bridgehead atoms. The molecule has 1 aliphatic heterocycles. The molecule has 0 aliphatic carbocycles. The number of rotatable bonds is 4. The van der Waals surface area contributed by atoms with E-state index in [9.17, 15) is 9.18 Å². The third-order valence-corrected chi connectivity index (χ3v) is 4.33. The molecule has 1 amide bonds. The van der Waals surface area contributed by atoms with Crippen molar-refractivity contribution in [3.8, 4) is 0 Å². The molecule has 2 aromatic rings. The van der Waals surface area contributed by atoms with Gasteiger partial charge in [0, 0.05) is 37.8 Å². The Morgan fingerprint density at radius 2 is 1.72 bits per heavy atom. The van der Waals surface area contributed by atoms with Crippen molar-refractivity contribution in [2.75, 3.05) is 43.4 Å². The highest BCUT2D eigenvalue weighted by Crippen LogP contribution is 2.26. The molecule has 5 heteroatoms. The second-order valence-corrected chi connectivity index (χ2v) is 6.15. The topological polar surface area (TPSA) is 35.6 Å². The van der Waals surface area contributed by atoms with Gasteiger partial charge in [-0.3, -0.25) is 4.79 Å². The van der Waals surface area contributed by atoms with E-state index in [4.69, 9.17) is 0 Å². The Labute approximate surface area is 147 Å². The van der Waals surface area contributed by atoms with Crippen molar-refractivity contribution >= 4 is 23.4 Å². The minimum Gasteiger partial charge on any atom is -0.367 e. The lowest BCUT2D eigenvalue weighted by Gasteiger charge is -2.35. The number of nitrogens with one attached hydrogen (secondary N) is 1. The van der Waals surface area contributed by atoms with Crippen LogP contribution in [0.4, 0.5) is 15.8 Å². The number of para-hydroxylation sites is 2. The number of hydrogen-bond donors (Lipinski definition) is 1. The first kappa shape index (κ1) is 17.2. The van der Waals surface area contributed by atoms with Crippen molar-refractivity contribution in [3.63, 3.8) is 0 Å². The summed E-state index contributed by atoms with van der Waals surface area (Å²) in [6.45, 7) is 3.84. The normalized spacial score (nSPS) is 15.5. The molecule has 0 aromatic heterocycles. The highest BCUT2D eigenvalue weighted by Gasteiger charge is 2.17. The molecule has 0 radical (unpaired) electrons. The zero-order valence-electron chi connectivity index (χ0n) is 14.3. The third kappa shape index (κ3) is 4.45. The van der Waals surface area contributed by atoms with Gasteiger partial charge < -0.3 is 15.1 Å². The number of halogens is 1. The van der Waals surface area contributed by atoms with Crippen molar-refractivity contribution in [1.29, 1.82) is 0 Å². The standard InChI is InChI=1S/C20H22FN3O/c1-23-12-14-24(15-13-23)19-9-5-4-8-18(19)22-20(25)11-10-16-6-2-3-7-17(16)21/h2-11H,12-15H2,1H3,(H,22,25)/b11-10+. The van der Waals surface area contributed by atoms with Gasteiger partial charge in [-0.15, -0.1) is 0 Å². The maximum Gasteiger partial charge on any atom is 0.248 e. The average Bonchev–Trinajstić information content (AvgIpc) is 2.62. The molecule has 2 aromatic carbocycles. The number of amides is 1. The lowest BCUT2D eigenvalue weighted by molar-refractivity contribution is -0.111. The van der Waals surface area contributed by atoms with E-state index in [1.165, 1.54) is 18.2 Å². The van der Waals surface area contributed by atoms with Crippen molar-refractivity contribution in [2.24, 2.45) is 0 Å². The zero-order chi connectivity index (χ0) is 17.6. The van der Waals surface area contributed by atoms with E-state index in [1.807, 2.05) is 24.3 Å². The molecule has 130 valence electrons. The number of likely N-dealkylation sites (N-methyl/N-ethyl adjacent to an activating group) is 1. The van der Waals surface area contributed by atoms with E-state index in [-0.39, 0.29) is 11.7 Å². The van der Waals surface area contributed by atoms with Gasteiger partial charge in [-0.05, 0) is 31.3 Å². The van der Waals surface area contributed by atoms with Gasteiger partial charge in [0.1, 0.15) is 5.82 Å². The minimum absolute atomic E-state index is 0.273. The summed E-state index contributed by atoms with van der Waals surface area (Å²) in [5, 5.41) is 2.91. The number of carbonyl (C=O) groups is 1. The lowest BCUT2D eigenvalue weighted by Crippen LogP contribution is -2.44. The van der Waals surface area contributed by atoms with Gasteiger partial charge >= 0.3 is 0 Å². The first-order chi connectivity index (χ1) is 12.1. The fourth-order valence-corrected chi connectivity index (χ4v) is 2.85. The quantitative estimate of drug-likeness (QED) is 0.869. The maximum atomic E-state index is 13.6. The molecule has 1 N–H and O–H groups in total. The average molecular weight is 339 g/mol. The van der Waals surface area contributed by atoms with E-state index in [2.05, 4.69) is 22.2 Å². The summed E-state index contributed by atoms with van der Waals surface area (Å²) in [5.74, 6) is -0.616. The Morgan fingerprint density at radius 3 is 2.48 bits per heavy atom. The van der Waals surface area contributed by atoms with Gasteiger partial charge in [0.15, 0.2) is 0 Å². The fourth-order valence-electron chi connectivity index (χ4n) is 2.85. The third-order valence-electron chi connectivity index (χ3n) is 4.33. The number of benzene rings is 2. The molecule has 1 aliphatic rings. The van der Waals surface area contributed by atoms with E-state index >= 15 is 0 Å². The van der Waals surface area contributed by atoms with Crippen LogP contribution in [0.15, 0.2) is 54.6 Å². The van der Waals surface area contributed by atoms with Crippen LogP contribution in [0.5, 0.6) is 0 Å². The molecule has 0 atom stereocenters. The fraction of sp³-hybridized carbons (Fsp3) is 0.250. The summed E-state index contributed by atoms with van der Waals surface area (Å²) in [6, 6.07) is 14.2. The largest absolute Gasteiger partial charge is 0.367 e. The zero-order valence-corrected chi connectivity index (χ0v) is 14.3. The summed E-state index contributed by atoms with van der Waals surface area (Å²) in [4.78, 5) is 16.8. The van der Waals surface area contributed by atoms with Gasteiger partial charge in [0.2, 0.25) is 5.91 Å². The molecular formula is C20H22FN3O. The Bertz CT molecular complexity index is 767. The molecule has 1 fully saturated rings. The summed E-state index contributed by atoms with van der Waals surface area (Å²) >= 11 is 0. The monoisotopic (exact) mass is 339 g/mol. The molecule has 3 rings (SSSR count). The molecule has 25 heavy (non-hydrogen) atoms. The number of hydrogen-bond acceptors (Lipinski definition) is 3. The van der Waals surface area contributed by atoms with Crippen molar-refractivity contribution < 1.29 is 9.18 Å². The van der Waals surface area contributed by atoms with E-state index in [0.717, 1.165) is 37.6 Å². The van der Waals surface area contributed by atoms with Crippen LogP contribution in [0.25, 0.3) is 6.08 Å². The molecule has 0 unspecified atom stereocenters. The molecule has 1 heterocycles. The van der Waals surface area contributed by atoms with Crippen LogP contribution >= 0.6 is 0 Å². The van der Waals surface area contributed by atoms with Gasteiger partial charge in [-0.2, -0.15) is 0 Å². The highest BCUT2D eigenvalue weighted by atomic mass is 19.1. The van der Waals surface area contributed by atoms with Gasteiger partial charge in [0.05, 0.1) is 11.4 Å². The van der Waals surface area contributed by atoms with Crippen LogP contribution in [0.2, 0.25) is 0 Å². The predicted octanol–water partition coefficient (Wildman–Crippen LogP) is 3.23. The van der Waals surface area contributed by atoms with E-state index < -0.39 is 0 Å². The predicted molar refractivity (Wildman–Crippen MR) is 100 cm³/mol. The summed E-state index contributed by atoms with van der Waals surface area (Å²) in [6.07, 6.45) is 2.85. The van der Waals surface area contributed by atoms with Gasteiger partial charge in [0.25, 0.3) is 0 Å². The molecule has 4 nitrogen and oxygen atoms in total. The minimum atomic E-state index is -0.343. The van der Waals surface area contributed by atoms with Gasteiger partial charge in [-0.1, -0.05) is 30.3 Å². The summed E-state index contributed by atoms with van der Waals surface area (Å²) in [5.41, 5.74) is 2.18. The van der Waals surface area contributed by atoms with Crippen LogP contribution in [-0.4, -0.2) is 44.0 Å². The molecule has 1 saturated heterocycles. The van der Waals surface area contributed by atoms with Crippen LogP contribution in [0.3, 0.4) is 0 Å². The Balaban J connectivity index is 1.70. The number of anilines is 2. The van der Waals surface area contributed by atoms with Crippen LogP contribution in [0.1, 0.15) is 5.56 Å². The SMILES string of the molecule is CN1CCN(c2ccccc2NC(=O)/C=C/c2ccccc2F)CC1. The highest BCUT2D eigenvalue weighted by molar-refractivity contribution is 6.03. The number of nitrogens with zero attached hydrogens (tertiary/aromatic N) is 2. The van der Waals surface area contributed by atoms with E-state index in [1.54, 1.807) is 18.2 Å². The number of carbonyl (C=O) groups excluding carboxylic acids is 1. The van der Waals surface area contributed by atoms with Crippen molar-refractivity contribution in [3.05, 3.63) is 66.0 Å². The second kappa shape index (κ2) is 7.94. The molecular weight excluding hydrogens is 317 g/mol. The van der Waals surface area contributed by atoms with Crippen molar-refractivity contribution in [2.45, 2.75) is 0 Å². The first-order valence-corrected chi connectivity index (χ1v) is 8.39. The Kier molecular flexibility index (Phi) is 5.46. The smallest absolute Gasteiger partial charge is 0.248 e. The van der Waals surface area contributed by atoms with Crippen LogP contribution in [0, 0.1) is 5.82 Å². The maximum absolute atomic E-state index is 13.6. The van der Waals surface area contributed by atoms with Crippen LogP contribution < -0.4 is 10.2 Å². The van der Waals surface area contributed by atoms with Gasteiger partial charge in [-0.25, -0.2) is 4.39 Å². The Hall–Kier alpha value is -2.66. The van der Waals surface area contributed by atoms with E-state index in [0.29, 0.717) is 5.56 Å². The molecule has 0 saturated carbocycles. The summed E-state index contributed by atoms with van der Waals surface area (Å²) < 4.78 is 13.6.